The number of nitrogens with zero attached hydrogens (tertiary/aromatic N) is 1. The standard InChI is InChI=1S/C11H19N/c1-8(2)5-6-11-9(3)7-12-10(11)4/h8H,5-7H2,1-4H3. The first-order chi connectivity index (χ1) is 5.61. The van der Waals surface area contributed by atoms with Crippen LogP contribution in [0.1, 0.15) is 40.5 Å². The van der Waals surface area contributed by atoms with E-state index in [1.807, 2.05) is 0 Å². The first-order valence-corrected chi connectivity index (χ1v) is 4.81. The highest BCUT2D eigenvalue weighted by Gasteiger charge is 2.12. The maximum atomic E-state index is 4.42. The van der Waals surface area contributed by atoms with E-state index in [9.17, 15) is 0 Å². The zero-order valence-electron chi connectivity index (χ0n) is 8.65. The second kappa shape index (κ2) is 3.88. The van der Waals surface area contributed by atoms with Crippen LogP contribution in [0, 0.1) is 5.92 Å². The predicted molar refractivity (Wildman–Crippen MR) is 54.7 cm³/mol. The van der Waals surface area contributed by atoms with Crippen LogP contribution >= 0.6 is 0 Å². The first kappa shape index (κ1) is 9.50. The number of hydrogen-bond donors (Lipinski definition) is 0. The van der Waals surface area contributed by atoms with E-state index in [2.05, 4.69) is 32.7 Å². The molecular formula is C11H19N. The summed E-state index contributed by atoms with van der Waals surface area (Å²) in [5.74, 6) is 0.804. The molecule has 12 heavy (non-hydrogen) atoms. The Kier molecular flexibility index (Phi) is 3.07. The van der Waals surface area contributed by atoms with Gasteiger partial charge >= 0.3 is 0 Å². The summed E-state index contributed by atoms with van der Waals surface area (Å²) < 4.78 is 0. The van der Waals surface area contributed by atoms with Crippen LogP contribution in [-0.4, -0.2) is 12.3 Å². The van der Waals surface area contributed by atoms with Crippen molar-refractivity contribution in [2.75, 3.05) is 6.54 Å². The molecule has 0 fully saturated rings. The van der Waals surface area contributed by atoms with E-state index in [0.29, 0.717) is 0 Å². The maximum absolute atomic E-state index is 4.42. The Morgan fingerprint density at radius 2 is 2.00 bits per heavy atom. The fourth-order valence-electron chi connectivity index (χ4n) is 1.56. The lowest BCUT2D eigenvalue weighted by atomic mass is 9.98. The van der Waals surface area contributed by atoms with E-state index < -0.39 is 0 Å². The fourth-order valence-corrected chi connectivity index (χ4v) is 1.56. The quantitative estimate of drug-likeness (QED) is 0.609. The second-order valence-corrected chi connectivity index (χ2v) is 4.09. The van der Waals surface area contributed by atoms with Crippen molar-refractivity contribution in [1.29, 1.82) is 0 Å². The molecule has 0 aromatic carbocycles. The molecule has 1 aliphatic rings. The van der Waals surface area contributed by atoms with Gasteiger partial charge in [0.15, 0.2) is 0 Å². The van der Waals surface area contributed by atoms with Crippen molar-refractivity contribution in [3.05, 3.63) is 11.1 Å². The van der Waals surface area contributed by atoms with Crippen molar-refractivity contribution in [2.45, 2.75) is 40.5 Å². The molecule has 0 amide bonds. The summed E-state index contributed by atoms with van der Waals surface area (Å²) in [4.78, 5) is 4.42. The Hall–Kier alpha value is -0.590. The van der Waals surface area contributed by atoms with Gasteiger partial charge in [0.25, 0.3) is 0 Å². The summed E-state index contributed by atoms with van der Waals surface area (Å²) in [6, 6.07) is 0. The number of allylic oxidation sites excluding steroid dienone is 1. The van der Waals surface area contributed by atoms with Crippen molar-refractivity contribution < 1.29 is 0 Å². The monoisotopic (exact) mass is 165 g/mol. The molecule has 1 heteroatoms. The van der Waals surface area contributed by atoms with Crippen LogP contribution in [0.15, 0.2) is 16.1 Å². The Balaban J connectivity index is 2.51. The van der Waals surface area contributed by atoms with Gasteiger partial charge in [0.1, 0.15) is 0 Å². The van der Waals surface area contributed by atoms with Crippen LogP contribution in [0.5, 0.6) is 0 Å². The number of rotatable bonds is 3. The maximum Gasteiger partial charge on any atom is 0.0606 e. The van der Waals surface area contributed by atoms with E-state index >= 15 is 0 Å². The second-order valence-electron chi connectivity index (χ2n) is 4.09. The van der Waals surface area contributed by atoms with E-state index in [1.165, 1.54) is 29.7 Å². The fraction of sp³-hybridized carbons (Fsp3) is 0.727. The SMILES string of the molecule is CC1=NCC(C)=C1CCC(C)C. The van der Waals surface area contributed by atoms with Crippen LogP contribution in [0.4, 0.5) is 0 Å². The summed E-state index contributed by atoms with van der Waals surface area (Å²) in [7, 11) is 0. The van der Waals surface area contributed by atoms with E-state index in [4.69, 9.17) is 0 Å². The molecule has 0 aromatic rings. The number of hydrogen-bond acceptors (Lipinski definition) is 1. The van der Waals surface area contributed by atoms with Gasteiger partial charge in [-0.2, -0.15) is 0 Å². The van der Waals surface area contributed by atoms with Gasteiger partial charge in [0, 0.05) is 5.71 Å². The third-order valence-corrected chi connectivity index (χ3v) is 2.48. The van der Waals surface area contributed by atoms with Crippen molar-refractivity contribution in [1.82, 2.24) is 0 Å². The summed E-state index contributed by atoms with van der Waals surface area (Å²) in [5.41, 5.74) is 4.27. The minimum absolute atomic E-state index is 0.804. The minimum Gasteiger partial charge on any atom is -0.285 e. The minimum atomic E-state index is 0.804. The van der Waals surface area contributed by atoms with Gasteiger partial charge < -0.3 is 0 Å². The van der Waals surface area contributed by atoms with Gasteiger partial charge in [-0.05, 0) is 43.8 Å². The van der Waals surface area contributed by atoms with Gasteiger partial charge in [-0.3, -0.25) is 4.99 Å². The Bertz CT molecular complexity index is 221. The molecule has 68 valence electrons. The number of aliphatic imine (C=N–C) groups is 1. The third kappa shape index (κ3) is 2.20. The van der Waals surface area contributed by atoms with Crippen molar-refractivity contribution in [3.8, 4) is 0 Å². The summed E-state index contributed by atoms with van der Waals surface area (Å²) in [6.07, 6.45) is 2.51. The van der Waals surface area contributed by atoms with Crippen LogP contribution in [-0.2, 0) is 0 Å². The highest BCUT2D eigenvalue weighted by Crippen LogP contribution is 2.21. The Morgan fingerprint density at radius 3 is 2.42 bits per heavy atom. The van der Waals surface area contributed by atoms with Crippen LogP contribution in [0.3, 0.4) is 0 Å². The molecule has 0 saturated heterocycles. The summed E-state index contributed by atoms with van der Waals surface area (Å²) in [6.45, 7) is 9.83. The van der Waals surface area contributed by atoms with Crippen LogP contribution in [0.2, 0.25) is 0 Å². The average Bonchev–Trinajstić information content (AvgIpc) is 2.28. The highest BCUT2D eigenvalue weighted by atomic mass is 14.8. The molecule has 1 aliphatic heterocycles. The van der Waals surface area contributed by atoms with Crippen LogP contribution in [0.25, 0.3) is 0 Å². The lowest BCUT2D eigenvalue weighted by molar-refractivity contribution is 0.589. The molecule has 0 aromatic heterocycles. The van der Waals surface area contributed by atoms with Gasteiger partial charge in [-0.15, -0.1) is 0 Å². The summed E-state index contributed by atoms with van der Waals surface area (Å²) in [5, 5.41) is 0. The molecule has 1 heterocycles. The zero-order valence-corrected chi connectivity index (χ0v) is 8.65. The van der Waals surface area contributed by atoms with Gasteiger partial charge in [-0.1, -0.05) is 13.8 Å². The normalized spacial score (nSPS) is 17.6. The van der Waals surface area contributed by atoms with Crippen molar-refractivity contribution >= 4 is 5.71 Å². The lowest BCUT2D eigenvalue weighted by Gasteiger charge is -2.07. The third-order valence-electron chi connectivity index (χ3n) is 2.48. The molecule has 0 radical (unpaired) electrons. The van der Waals surface area contributed by atoms with E-state index in [1.54, 1.807) is 0 Å². The smallest absolute Gasteiger partial charge is 0.0606 e. The molecule has 0 spiro atoms. The van der Waals surface area contributed by atoms with Crippen molar-refractivity contribution in [2.24, 2.45) is 10.9 Å². The molecule has 0 atom stereocenters. The van der Waals surface area contributed by atoms with Gasteiger partial charge in [-0.25, -0.2) is 0 Å². The van der Waals surface area contributed by atoms with Crippen molar-refractivity contribution in [3.63, 3.8) is 0 Å². The average molecular weight is 165 g/mol. The molecule has 0 saturated carbocycles. The molecule has 0 bridgehead atoms. The van der Waals surface area contributed by atoms with Gasteiger partial charge in [0.2, 0.25) is 0 Å². The first-order valence-electron chi connectivity index (χ1n) is 4.81. The Morgan fingerprint density at radius 1 is 1.33 bits per heavy atom. The molecule has 0 unspecified atom stereocenters. The molecular weight excluding hydrogens is 146 g/mol. The molecule has 0 N–H and O–H groups in total. The molecule has 1 rings (SSSR count). The van der Waals surface area contributed by atoms with Gasteiger partial charge in [0.05, 0.1) is 6.54 Å². The largest absolute Gasteiger partial charge is 0.285 e. The Labute approximate surface area is 75.6 Å². The summed E-state index contributed by atoms with van der Waals surface area (Å²) >= 11 is 0. The molecule has 0 aliphatic carbocycles. The van der Waals surface area contributed by atoms with E-state index in [0.717, 1.165) is 12.5 Å². The van der Waals surface area contributed by atoms with E-state index in [-0.39, 0.29) is 0 Å². The topological polar surface area (TPSA) is 12.4 Å². The van der Waals surface area contributed by atoms with Crippen LogP contribution < -0.4 is 0 Å². The molecule has 1 nitrogen and oxygen atoms in total. The lowest BCUT2D eigenvalue weighted by Crippen LogP contribution is -1.97. The predicted octanol–water partition coefficient (Wildman–Crippen LogP) is 3.21. The zero-order chi connectivity index (χ0) is 9.14. The highest BCUT2D eigenvalue weighted by molar-refractivity contribution is 6.00.